The Labute approximate surface area is 139 Å². The molecule has 126 valence electrons. The van der Waals surface area contributed by atoms with Crippen LogP contribution in [0.2, 0.25) is 0 Å². The smallest absolute Gasteiger partial charge is 0.271 e. The minimum Gasteiger partial charge on any atom is -0.378 e. The molecule has 0 bridgehead atoms. The Hall–Kier alpha value is -2.74. The number of pyridine rings is 1. The Morgan fingerprint density at radius 1 is 1.29 bits per heavy atom. The lowest BCUT2D eigenvalue weighted by Crippen LogP contribution is -2.38. The van der Waals surface area contributed by atoms with E-state index in [9.17, 15) is 9.59 Å². The minimum absolute atomic E-state index is 0.203. The highest BCUT2D eigenvalue weighted by Gasteiger charge is 2.16. The quantitative estimate of drug-likeness (QED) is 0.845. The summed E-state index contributed by atoms with van der Waals surface area (Å²) in [5.41, 5.74) is 0.875. The van der Waals surface area contributed by atoms with Gasteiger partial charge in [0.2, 0.25) is 0 Å². The summed E-state index contributed by atoms with van der Waals surface area (Å²) in [6.07, 6.45) is 1.74. The summed E-state index contributed by atoms with van der Waals surface area (Å²) in [6.45, 7) is 3.24. The summed E-state index contributed by atoms with van der Waals surface area (Å²) in [5, 5.41) is 6.77. The maximum absolute atomic E-state index is 12.2. The van der Waals surface area contributed by atoms with Crippen LogP contribution in [0.4, 0.5) is 5.82 Å². The second-order valence-corrected chi connectivity index (χ2v) is 5.45. The number of rotatable bonds is 4. The third-order valence-corrected chi connectivity index (χ3v) is 3.81. The number of aromatic nitrogens is 3. The van der Waals surface area contributed by atoms with Crippen molar-refractivity contribution < 1.29 is 9.53 Å². The second kappa shape index (κ2) is 7.22. The third-order valence-electron chi connectivity index (χ3n) is 3.81. The summed E-state index contributed by atoms with van der Waals surface area (Å²) in [6, 6.07) is 6.52. The van der Waals surface area contributed by atoms with Gasteiger partial charge in [-0.3, -0.25) is 9.59 Å². The van der Waals surface area contributed by atoms with Gasteiger partial charge in [0.25, 0.3) is 11.5 Å². The molecule has 8 nitrogen and oxygen atoms in total. The minimum atomic E-state index is -0.331. The van der Waals surface area contributed by atoms with Crippen LogP contribution in [-0.4, -0.2) is 47.0 Å². The van der Waals surface area contributed by atoms with E-state index in [1.54, 1.807) is 6.20 Å². The highest BCUT2D eigenvalue weighted by molar-refractivity contribution is 5.92. The largest absolute Gasteiger partial charge is 0.378 e. The van der Waals surface area contributed by atoms with Gasteiger partial charge in [0, 0.05) is 44.5 Å². The molecule has 3 heterocycles. The summed E-state index contributed by atoms with van der Waals surface area (Å²) < 4.78 is 6.50. The Balaban J connectivity index is 1.71. The van der Waals surface area contributed by atoms with E-state index in [4.69, 9.17) is 4.74 Å². The van der Waals surface area contributed by atoms with Gasteiger partial charge in [0.05, 0.1) is 13.2 Å². The van der Waals surface area contributed by atoms with Gasteiger partial charge in [-0.2, -0.15) is 5.10 Å². The van der Waals surface area contributed by atoms with Gasteiger partial charge in [-0.25, -0.2) is 9.67 Å². The predicted molar refractivity (Wildman–Crippen MR) is 87.9 cm³/mol. The van der Waals surface area contributed by atoms with Crippen molar-refractivity contribution in [1.29, 1.82) is 0 Å². The number of carbonyl (C=O) groups is 1. The van der Waals surface area contributed by atoms with Crippen molar-refractivity contribution in [2.24, 2.45) is 7.05 Å². The van der Waals surface area contributed by atoms with E-state index >= 15 is 0 Å². The first-order valence-electron chi connectivity index (χ1n) is 7.74. The number of anilines is 1. The Kier molecular flexibility index (Phi) is 4.85. The Morgan fingerprint density at radius 2 is 2.08 bits per heavy atom. The molecule has 2 aromatic heterocycles. The number of amides is 1. The first kappa shape index (κ1) is 16.1. The van der Waals surface area contributed by atoms with E-state index in [1.807, 2.05) is 12.1 Å². The normalized spacial score (nSPS) is 14.5. The lowest BCUT2D eigenvalue weighted by Gasteiger charge is -2.29. The lowest BCUT2D eigenvalue weighted by molar-refractivity contribution is 0.0943. The highest BCUT2D eigenvalue weighted by atomic mass is 16.5. The number of hydrogen-bond donors (Lipinski definition) is 1. The lowest BCUT2D eigenvalue weighted by atomic mass is 10.2. The molecule has 0 radical (unpaired) electrons. The van der Waals surface area contributed by atoms with Crippen LogP contribution in [0.1, 0.15) is 16.1 Å². The number of morpholine rings is 1. The van der Waals surface area contributed by atoms with Crippen LogP contribution in [0, 0.1) is 0 Å². The number of carbonyl (C=O) groups excluding carboxylic acids is 1. The van der Waals surface area contributed by atoms with Crippen molar-refractivity contribution in [3.8, 4) is 0 Å². The molecule has 3 rings (SSSR count). The molecule has 2 aromatic rings. The number of ether oxygens (including phenoxy) is 1. The zero-order chi connectivity index (χ0) is 16.9. The monoisotopic (exact) mass is 329 g/mol. The van der Waals surface area contributed by atoms with Gasteiger partial charge in [0.1, 0.15) is 11.5 Å². The van der Waals surface area contributed by atoms with Crippen LogP contribution in [0.15, 0.2) is 35.3 Å². The number of hydrogen-bond acceptors (Lipinski definition) is 6. The first-order chi connectivity index (χ1) is 11.6. The maximum Gasteiger partial charge on any atom is 0.271 e. The molecule has 1 saturated heterocycles. The summed E-state index contributed by atoms with van der Waals surface area (Å²) in [5.74, 6) is 0.525. The molecule has 0 aromatic carbocycles. The zero-order valence-electron chi connectivity index (χ0n) is 13.4. The molecule has 0 aliphatic carbocycles. The van der Waals surface area contributed by atoms with Gasteiger partial charge in [-0.1, -0.05) is 6.07 Å². The molecule has 1 amide bonds. The Morgan fingerprint density at radius 3 is 2.83 bits per heavy atom. The zero-order valence-corrected chi connectivity index (χ0v) is 13.4. The van der Waals surface area contributed by atoms with Crippen molar-refractivity contribution in [2.75, 3.05) is 31.2 Å². The fourth-order valence-corrected chi connectivity index (χ4v) is 2.52. The predicted octanol–water partition coefficient (Wildman–Crippen LogP) is -0.0581. The molecule has 24 heavy (non-hydrogen) atoms. The van der Waals surface area contributed by atoms with E-state index in [0.29, 0.717) is 19.8 Å². The fraction of sp³-hybridized carbons (Fsp3) is 0.375. The molecule has 0 spiro atoms. The van der Waals surface area contributed by atoms with Crippen molar-refractivity contribution in [2.45, 2.75) is 6.54 Å². The number of nitrogens with zero attached hydrogens (tertiary/aromatic N) is 4. The molecule has 1 fully saturated rings. The molecule has 1 aliphatic heterocycles. The van der Waals surface area contributed by atoms with E-state index < -0.39 is 0 Å². The van der Waals surface area contributed by atoms with Crippen molar-refractivity contribution in [1.82, 2.24) is 20.1 Å². The van der Waals surface area contributed by atoms with Gasteiger partial charge in [0.15, 0.2) is 0 Å². The van der Waals surface area contributed by atoms with Crippen molar-refractivity contribution in [3.63, 3.8) is 0 Å². The average molecular weight is 329 g/mol. The van der Waals surface area contributed by atoms with E-state index in [0.717, 1.165) is 29.2 Å². The van der Waals surface area contributed by atoms with Gasteiger partial charge >= 0.3 is 0 Å². The standard InChI is InChI=1S/C16H19N5O3/c1-20-14(22)5-4-13(19-20)16(23)18-11-12-3-2-6-17-15(12)21-7-9-24-10-8-21/h2-6H,7-11H2,1H3,(H,18,23). The van der Waals surface area contributed by atoms with Gasteiger partial charge in [-0.05, 0) is 12.1 Å². The van der Waals surface area contributed by atoms with Crippen LogP contribution >= 0.6 is 0 Å². The molecule has 0 saturated carbocycles. The topological polar surface area (TPSA) is 89.3 Å². The molecule has 1 N–H and O–H groups in total. The van der Waals surface area contributed by atoms with Crippen molar-refractivity contribution >= 4 is 11.7 Å². The van der Waals surface area contributed by atoms with Gasteiger partial charge < -0.3 is 15.0 Å². The molecular formula is C16H19N5O3. The summed E-state index contributed by atoms with van der Waals surface area (Å²) in [4.78, 5) is 30.1. The Bertz CT molecular complexity index is 783. The van der Waals surface area contributed by atoms with E-state index in [2.05, 4.69) is 20.3 Å². The van der Waals surface area contributed by atoms with Crippen LogP contribution in [0.3, 0.4) is 0 Å². The van der Waals surface area contributed by atoms with Crippen LogP contribution in [-0.2, 0) is 18.3 Å². The van der Waals surface area contributed by atoms with Crippen molar-refractivity contribution in [3.05, 3.63) is 52.1 Å². The molecular weight excluding hydrogens is 310 g/mol. The fourth-order valence-electron chi connectivity index (χ4n) is 2.52. The van der Waals surface area contributed by atoms with E-state index in [-0.39, 0.29) is 17.2 Å². The third kappa shape index (κ3) is 3.60. The van der Waals surface area contributed by atoms with Crippen LogP contribution in [0.5, 0.6) is 0 Å². The number of aryl methyl sites for hydroxylation is 1. The molecule has 0 atom stereocenters. The van der Waals surface area contributed by atoms with Gasteiger partial charge in [-0.15, -0.1) is 0 Å². The molecule has 0 unspecified atom stereocenters. The summed E-state index contributed by atoms with van der Waals surface area (Å²) in [7, 11) is 1.51. The SMILES string of the molecule is Cn1nc(C(=O)NCc2cccnc2N2CCOCC2)ccc1=O. The second-order valence-electron chi connectivity index (χ2n) is 5.45. The first-order valence-corrected chi connectivity index (χ1v) is 7.74. The van der Waals surface area contributed by atoms with Crippen LogP contribution < -0.4 is 15.8 Å². The number of nitrogens with one attached hydrogen (secondary N) is 1. The maximum atomic E-state index is 12.2. The molecule has 1 aliphatic rings. The average Bonchev–Trinajstić information content (AvgIpc) is 2.63. The van der Waals surface area contributed by atoms with Crippen LogP contribution in [0.25, 0.3) is 0 Å². The van der Waals surface area contributed by atoms with E-state index in [1.165, 1.54) is 19.2 Å². The highest BCUT2D eigenvalue weighted by Crippen LogP contribution is 2.18. The summed E-state index contributed by atoms with van der Waals surface area (Å²) >= 11 is 0. The molecule has 8 heteroatoms.